The lowest BCUT2D eigenvalue weighted by Gasteiger charge is -2.11. The Bertz CT molecular complexity index is 668. The summed E-state index contributed by atoms with van der Waals surface area (Å²) in [4.78, 5) is 11.9. The van der Waals surface area contributed by atoms with Crippen molar-refractivity contribution < 1.29 is 9.53 Å². The molecule has 0 aliphatic rings. The molecule has 2 rings (SSSR count). The van der Waals surface area contributed by atoms with Gasteiger partial charge in [0.1, 0.15) is 5.75 Å². The van der Waals surface area contributed by atoms with E-state index < -0.39 is 0 Å². The molecule has 110 valence electrons. The van der Waals surface area contributed by atoms with Crippen molar-refractivity contribution in [1.82, 2.24) is 0 Å². The highest BCUT2D eigenvalue weighted by Gasteiger charge is 2.07. The van der Waals surface area contributed by atoms with Crippen LogP contribution in [-0.4, -0.2) is 12.5 Å². The Morgan fingerprint density at radius 3 is 2.62 bits per heavy atom. The van der Waals surface area contributed by atoms with E-state index in [1.807, 2.05) is 57.2 Å². The molecule has 0 saturated heterocycles. The molecule has 1 amide bonds. The van der Waals surface area contributed by atoms with Crippen LogP contribution in [0.2, 0.25) is 0 Å². The van der Waals surface area contributed by atoms with Crippen LogP contribution >= 0.6 is 15.9 Å². The van der Waals surface area contributed by atoms with E-state index in [1.54, 1.807) is 0 Å². The lowest BCUT2D eigenvalue weighted by Crippen LogP contribution is -2.20. The number of carbonyl (C=O) groups is 1. The number of amides is 1. The van der Waals surface area contributed by atoms with Crippen molar-refractivity contribution in [2.75, 3.05) is 11.9 Å². The summed E-state index contributed by atoms with van der Waals surface area (Å²) in [5.41, 5.74) is 4.08. The molecule has 0 saturated carbocycles. The highest BCUT2D eigenvalue weighted by molar-refractivity contribution is 9.10. The third kappa shape index (κ3) is 4.08. The molecule has 0 radical (unpaired) electrons. The molecule has 3 nitrogen and oxygen atoms in total. The Morgan fingerprint density at radius 2 is 1.90 bits per heavy atom. The van der Waals surface area contributed by atoms with Crippen LogP contribution in [0.4, 0.5) is 5.69 Å². The number of halogens is 1. The molecular formula is C17H18BrNO2. The molecule has 1 N–H and O–H groups in total. The van der Waals surface area contributed by atoms with Crippen LogP contribution in [0.3, 0.4) is 0 Å². The third-order valence-corrected chi connectivity index (χ3v) is 4.22. The zero-order valence-electron chi connectivity index (χ0n) is 12.4. The Kier molecular flexibility index (Phi) is 5.02. The minimum absolute atomic E-state index is 0.00418. The van der Waals surface area contributed by atoms with E-state index in [0.717, 1.165) is 32.6 Å². The van der Waals surface area contributed by atoms with Gasteiger partial charge < -0.3 is 10.1 Å². The van der Waals surface area contributed by atoms with Gasteiger partial charge in [-0.05, 0) is 55.7 Å². The second-order valence-corrected chi connectivity index (χ2v) is 5.85. The minimum atomic E-state index is -0.174. The molecular weight excluding hydrogens is 330 g/mol. The average molecular weight is 348 g/mol. The van der Waals surface area contributed by atoms with Gasteiger partial charge >= 0.3 is 0 Å². The van der Waals surface area contributed by atoms with Crippen LogP contribution in [0.25, 0.3) is 0 Å². The largest absolute Gasteiger partial charge is 0.483 e. The first-order valence-electron chi connectivity index (χ1n) is 6.72. The number of ether oxygens (including phenoxy) is 1. The molecule has 0 bridgehead atoms. The van der Waals surface area contributed by atoms with Gasteiger partial charge in [-0.2, -0.15) is 0 Å². The molecule has 4 heteroatoms. The normalized spacial score (nSPS) is 10.3. The van der Waals surface area contributed by atoms with Crippen molar-refractivity contribution in [1.29, 1.82) is 0 Å². The quantitative estimate of drug-likeness (QED) is 0.890. The maximum atomic E-state index is 11.9. The monoisotopic (exact) mass is 347 g/mol. The Balaban J connectivity index is 1.96. The predicted molar refractivity (Wildman–Crippen MR) is 88.9 cm³/mol. The molecule has 0 aromatic heterocycles. The van der Waals surface area contributed by atoms with E-state index in [2.05, 4.69) is 21.2 Å². The van der Waals surface area contributed by atoms with E-state index in [0.29, 0.717) is 0 Å². The Labute approximate surface area is 133 Å². The molecule has 0 aliphatic carbocycles. The van der Waals surface area contributed by atoms with E-state index in [-0.39, 0.29) is 12.5 Å². The van der Waals surface area contributed by atoms with Crippen molar-refractivity contribution in [2.24, 2.45) is 0 Å². The number of hydrogen-bond donors (Lipinski definition) is 1. The van der Waals surface area contributed by atoms with Crippen LogP contribution in [0.5, 0.6) is 5.75 Å². The van der Waals surface area contributed by atoms with Crippen LogP contribution in [0.1, 0.15) is 16.7 Å². The van der Waals surface area contributed by atoms with Gasteiger partial charge in [0.25, 0.3) is 5.91 Å². The van der Waals surface area contributed by atoms with Crippen LogP contribution < -0.4 is 10.1 Å². The molecule has 2 aromatic carbocycles. The highest BCUT2D eigenvalue weighted by atomic mass is 79.9. The number of hydrogen-bond acceptors (Lipinski definition) is 2. The summed E-state index contributed by atoms with van der Waals surface area (Å²) in [6, 6.07) is 11.5. The fraction of sp³-hybridized carbons (Fsp3) is 0.235. The average Bonchev–Trinajstić information content (AvgIpc) is 2.44. The van der Waals surface area contributed by atoms with E-state index in [1.165, 1.54) is 0 Å². The third-order valence-electron chi connectivity index (χ3n) is 3.37. The first kappa shape index (κ1) is 15.6. The molecule has 0 heterocycles. The minimum Gasteiger partial charge on any atom is -0.483 e. The van der Waals surface area contributed by atoms with Gasteiger partial charge in [-0.15, -0.1) is 0 Å². The van der Waals surface area contributed by atoms with Crippen molar-refractivity contribution in [3.05, 3.63) is 57.6 Å². The molecule has 0 spiro atoms. The van der Waals surface area contributed by atoms with Crippen molar-refractivity contribution in [3.8, 4) is 5.75 Å². The van der Waals surface area contributed by atoms with Gasteiger partial charge in [0.2, 0.25) is 0 Å². The molecule has 0 unspecified atom stereocenters. The lowest BCUT2D eigenvalue weighted by molar-refractivity contribution is -0.118. The van der Waals surface area contributed by atoms with Gasteiger partial charge in [-0.3, -0.25) is 4.79 Å². The van der Waals surface area contributed by atoms with Gasteiger partial charge in [0.15, 0.2) is 6.61 Å². The van der Waals surface area contributed by atoms with Gasteiger partial charge in [0.05, 0.1) is 0 Å². The van der Waals surface area contributed by atoms with Crippen LogP contribution in [0, 0.1) is 20.8 Å². The summed E-state index contributed by atoms with van der Waals surface area (Å²) in [5.74, 6) is 0.571. The van der Waals surface area contributed by atoms with Gasteiger partial charge in [-0.1, -0.05) is 34.1 Å². The van der Waals surface area contributed by atoms with E-state index in [9.17, 15) is 4.79 Å². The summed E-state index contributed by atoms with van der Waals surface area (Å²) in [7, 11) is 0. The SMILES string of the molecule is Cc1ccc(NC(=O)COc2cccc(C)c2C)cc1Br. The summed E-state index contributed by atoms with van der Waals surface area (Å²) in [5, 5.41) is 2.82. The smallest absolute Gasteiger partial charge is 0.262 e. The summed E-state index contributed by atoms with van der Waals surface area (Å²) >= 11 is 3.45. The zero-order chi connectivity index (χ0) is 15.4. The Morgan fingerprint density at radius 1 is 1.14 bits per heavy atom. The molecule has 0 aliphatic heterocycles. The predicted octanol–water partition coefficient (Wildman–Crippen LogP) is 4.39. The first-order valence-corrected chi connectivity index (χ1v) is 7.51. The second kappa shape index (κ2) is 6.76. The first-order chi connectivity index (χ1) is 9.97. The number of carbonyl (C=O) groups excluding carboxylic acids is 1. The van der Waals surface area contributed by atoms with Gasteiger partial charge in [0, 0.05) is 10.2 Å². The van der Waals surface area contributed by atoms with Crippen molar-refractivity contribution in [3.63, 3.8) is 0 Å². The highest BCUT2D eigenvalue weighted by Crippen LogP contribution is 2.22. The molecule has 21 heavy (non-hydrogen) atoms. The maximum absolute atomic E-state index is 11.9. The molecule has 0 atom stereocenters. The number of aryl methyl sites for hydroxylation is 2. The second-order valence-electron chi connectivity index (χ2n) is 5.00. The van der Waals surface area contributed by atoms with E-state index in [4.69, 9.17) is 4.74 Å². The van der Waals surface area contributed by atoms with E-state index >= 15 is 0 Å². The lowest BCUT2D eigenvalue weighted by atomic mass is 10.1. The standard InChI is InChI=1S/C17H18BrNO2/c1-11-5-4-6-16(13(11)3)21-10-17(20)19-14-8-7-12(2)15(18)9-14/h4-9H,10H2,1-3H3,(H,19,20). The number of nitrogens with one attached hydrogen (secondary N) is 1. The van der Waals surface area contributed by atoms with Crippen molar-refractivity contribution >= 4 is 27.5 Å². The van der Waals surface area contributed by atoms with Crippen LogP contribution in [-0.2, 0) is 4.79 Å². The Hall–Kier alpha value is -1.81. The zero-order valence-corrected chi connectivity index (χ0v) is 14.0. The van der Waals surface area contributed by atoms with Crippen molar-refractivity contribution in [2.45, 2.75) is 20.8 Å². The fourth-order valence-corrected chi connectivity index (χ4v) is 2.27. The fourth-order valence-electron chi connectivity index (χ4n) is 1.89. The summed E-state index contributed by atoms with van der Waals surface area (Å²) in [6.07, 6.45) is 0. The topological polar surface area (TPSA) is 38.3 Å². The van der Waals surface area contributed by atoms with Gasteiger partial charge in [-0.25, -0.2) is 0 Å². The summed E-state index contributed by atoms with van der Waals surface area (Å²) in [6.45, 7) is 6.00. The summed E-state index contributed by atoms with van der Waals surface area (Å²) < 4.78 is 6.55. The molecule has 2 aromatic rings. The number of benzene rings is 2. The number of anilines is 1. The molecule has 0 fully saturated rings. The maximum Gasteiger partial charge on any atom is 0.262 e. The van der Waals surface area contributed by atoms with Crippen LogP contribution in [0.15, 0.2) is 40.9 Å². The number of rotatable bonds is 4.